The van der Waals surface area contributed by atoms with Crippen LogP contribution >= 0.6 is 12.4 Å². The van der Waals surface area contributed by atoms with Crippen LogP contribution in [0.4, 0.5) is 0 Å². The lowest BCUT2D eigenvalue weighted by Gasteiger charge is -2.26. The fraction of sp³-hybridized carbons (Fsp3) is 0.846. The van der Waals surface area contributed by atoms with Crippen LogP contribution in [-0.4, -0.2) is 30.4 Å². The Bertz CT molecular complexity index is 371. The third-order valence-corrected chi connectivity index (χ3v) is 4.65. The van der Waals surface area contributed by atoms with Crippen molar-refractivity contribution in [2.24, 2.45) is 23.5 Å². The van der Waals surface area contributed by atoms with Crippen LogP contribution in [0.25, 0.3) is 0 Å². The molecule has 5 nitrogen and oxygen atoms in total. The van der Waals surface area contributed by atoms with E-state index in [0.717, 1.165) is 32.1 Å². The number of rotatable bonds is 4. The highest BCUT2D eigenvalue weighted by Gasteiger charge is 2.49. The van der Waals surface area contributed by atoms with Gasteiger partial charge in [0.1, 0.15) is 0 Å². The standard InChI is InChI=1S/C13H21N3O2.ClH/c14-12-8-2-1-7(5-8)11(12)13(18)15-6-10(17)16-9-3-4-9;/h7-9,11-12H,1-6,14H2,(H,15,18)(H,16,17);1H. The van der Waals surface area contributed by atoms with Crippen molar-refractivity contribution in [2.75, 3.05) is 6.54 Å². The molecule has 108 valence electrons. The first kappa shape index (κ1) is 14.6. The van der Waals surface area contributed by atoms with E-state index in [-0.39, 0.29) is 42.7 Å². The van der Waals surface area contributed by atoms with Gasteiger partial charge in [0, 0.05) is 12.1 Å². The Morgan fingerprint density at radius 3 is 2.37 bits per heavy atom. The molecule has 6 heteroatoms. The number of nitrogens with two attached hydrogens (primary N) is 1. The summed E-state index contributed by atoms with van der Waals surface area (Å²) in [6.45, 7) is 0.0932. The van der Waals surface area contributed by atoms with Gasteiger partial charge in [-0.2, -0.15) is 0 Å². The van der Waals surface area contributed by atoms with Crippen molar-refractivity contribution < 1.29 is 9.59 Å². The molecule has 3 aliphatic rings. The SMILES string of the molecule is Cl.NC1C2CCC(C2)C1C(=O)NCC(=O)NC1CC1. The number of carbonyl (C=O) groups is 2. The van der Waals surface area contributed by atoms with Gasteiger partial charge in [0.05, 0.1) is 12.5 Å². The fourth-order valence-electron chi connectivity index (χ4n) is 3.52. The number of carbonyl (C=O) groups excluding carboxylic acids is 2. The maximum absolute atomic E-state index is 12.1. The van der Waals surface area contributed by atoms with Crippen LogP contribution in [0.2, 0.25) is 0 Å². The normalized spacial score (nSPS) is 35.6. The van der Waals surface area contributed by atoms with Crippen molar-refractivity contribution in [3.63, 3.8) is 0 Å². The third-order valence-electron chi connectivity index (χ3n) is 4.65. The number of nitrogens with one attached hydrogen (secondary N) is 2. The van der Waals surface area contributed by atoms with Gasteiger partial charge >= 0.3 is 0 Å². The van der Waals surface area contributed by atoms with Gasteiger partial charge in [0.25, 0.3) is 0 Å². The molecule has 0 radical (unpaired) electrons. The molecule has 0 spiro atoms. The zero-order valence-electron chi connectivity index (χ0n) is 10.9. The Labute approximate surface area is 119 Å². The van der Waals surface area contributed by atoms with E-state index >= 15 is 0 Å². The quantitative estimate of drug-likeness (QED) is 0.689. The van der Waals surface area contributed by atoms with Gasteiger partial charge in [0.2, 0.25) is 11.8 Å². The van der Waals surface area contributed by atoms with Crippen molar-refractivity contribution in [3.05, 3.63) is 0 Å². The second kappa shape index (κ2) is 5.67. The van der Waals surface area contributed by atoms with E-state index in [0.29, 0.717) is 17.9 Å². The van der Waals surface area contributed by atoms with Crippen LogP contribution in [0.15, 0.2) is 0 Å². The van der Waals surface area contributed by atoms with Gasteiger partial charge in [-0.3, -0.25) is 9.59 Å². The molecule has 0 aromatic rings. The molecule has 0 saturated heterocycles. The summed E-state index contributed by atoms with van der Waals surface area (Å²) in [6, 6.07) is 0.342. The van der Waals surface area contributed by atoms with Gasteiger partial charge in [0.15, 0.2) is 0 Å². The maximum atomic E-state index is 12.1. The van der Waals surface area contributed by atoms with E-state index in [1.807, 2.05) is 0 Å². The number of hydrogen-bond acceptors (Lipinski definition) is 3. The average Bonchev–Trinajstić information content (AvgIpc) is 2.92. The molecule has 3 rings (SSSR count). The van der Waals surface area contributed by atoms with Gasteiger partial charge in [-0.15, -0.1) is 12.4 Å². The van der Waals surface area contributed by atoms with Gasteiger partial charge in [-0.1, -0.05) is 0 Å². The Balaban J connectivity index is 0.00000133. The van der Waals surface area contributed by atoms with Crippen LogP contribution < -0.4 is 16.4 Å². The molecule has 3 fully saturated rings. The second-order valence-corrected chi connectivity index (χ2v) is 6.00. The van der Waals surface area contributed by atoms with Crippen molar-refractivity contribution in [3.8, 4) is 0 Å². The molecule has 2 amide bonds. The molecule has 0 heterocycles. The Morgan fingerprint density at radius 1 is 1.11 bits per heavy atom. The molecular weight excluding hydrogens is 266 g/mol. The molecule has 0 aromatic carbocycles. The first-order chi connectivity index (χ1) is 8.65. The molecule has 19 heavy (non-hydrogen) atoms. The maximum Gasteiger partial charge on any atom is 0.239 e. The lowest BCUT2D eigenvalue weighted by Crippen LogP contribution is -2.47. The van der Waals surface area contributed by atoms with Gasteiger partial charge < -0.3 is 16.4 Å². The minimum absolute atomic E-state index is 0. The molecule has 4 N–H and O–H groups in total. The summed E-state index contributed by atoms with van der Waals surface area (Å²) >= 11 is 0. The van der Waals surface area contributed by atoms with Crippen LogP contribution in [-0.2, 0) is 9.59 Å². The largest absolute Gasteiger partial charge is 0.352 e. The van der Waals surface area contributed by atoms with E-state index < -0.39 is 0 Å². The van der Waals surface area contributed by atoms with Gasteiger partial charge in [-0.05, 0) is 43.9 Å². The molecule has 4 atom stereocenters. The number of halogens is 1. The van der Waals surface area contributed by atoms with Crippen LogP contribution in [0.1, 0.15) is 32.1 Å². The van der Waals surface area contributed by atoms with Crippen molar-refractivity contribution in [2.45, 2.75) is 44.2 Å². The zero-order chi connectivity index (χ0) is 12.7. The minimum atomic E-state index is -0.0809. The number of amides is 2. The highest BCUT2D eigenvalue weighted by Crippen LogP contribution is 2.47. The van der Waals surface area contributed by atoms with Crippen LogP contribution in [0, 0.1) is 17.8 Å². The summed E-state index contributed by atoms with van der Waals surface area (Å²) < 4.78 is 0. The van der Waals surface area contributed by atoms with E-state index in [1.165, 1.54) is 0 Å². The topological polar surface area (TPSA) is 84.2 Å². The summed E-state index contributed by atoms with van der Waals surface area (Å²) in [7, 11) is 0. The Morgan fingerprint density at radius 2 is 1.79 bits per heavy atom. The molecule has 3 saturated carbocycles. The smallest absolute Gasteiger partial charge is 0.239 e. The van der Waals surface area contributed by atoms with E-state index in [4.69, 9.17) is 5.73 Å². The lowest BCUT2D eigenvalue weighted by molar-refractivity contribution is -0.130. The van der Waals surface area contributed by atoms with Crippen molar-refractivity contribution in [1.82, 2.24) is 10.6 Å². The summed E-state index contributed by atoms with van der Waals surface area (Å²) in [5, 5.41) is 5.60. The van der Waals surface area contributed by atoms with Crippen molar-refractivity contribution >= 4 is 24.2 Å². The molecule has 0 aromatic heterocycles. The summed E-state index contributed by atoms with van der Waals surface area (Å²) in [5.41, 5.74) is 6.10. The molecule has 4 unspecified atom stereocenters. The molecule has 0 aliphatic heterocycles. The summed E-state index contributed by atoms with van der Waals surface area (Å²) in [5.74, 6) is 0.781. The molecule has 2 bridgehead atoms. The van der Waals surface area contributed by atoms with Crippen molar-refractivity contribution in [1.29, 1.82) is 0 Å². The fourth-order valence-corrected chi connectivity index (χ4v) is 3.52. The van der Waals surface area contributed by atoms with E-state index in [1.54, 1.807) is 0 Å². The molecule has 3 aliphatic carbocycles. The summed E-state index contributed by atoms with van der Waals surface area (Å²) in [6.07, 6.45) is 5.50. The van der Waals surface area contributed by atoms with Crippen LogP contribution in [0.5, 0.6) is 0 Å². The minimum Gasteiger partial charge on any atom is -0.352 e. The van der Waals surface area contributed by atoms with E-state index in [9.17, 15) is 9.59 Å². The predicted molar refractivity (Wildman–Crippen MR) is 73.7 cm³/mol. The Kier molecular flexibility index (Phi) is 4.36. The first-order valence-electron chi connectivity index (χ1n) is 6.98. The third kappa shape index (κ3) is 3.03. The highest BCUT2D eigenvalue weighted by molar-refractivity contribution is 5.86. The predicted octanol–water partition coefficient (Wildman–Crippen LogP) is 0.176. The monoisotopic (exact) mass is 287 g/mol. The molecular formula is C13H22ClN3O2. The van der Waals surface area contributed by atoms with Gasteiger partial charge in [-0.25, -0.2) is 0 Å². The van der Waals surface area contributed by atoms with E-state index in [2.05, 4.69) is 10.6 Å². The average molecular weight is 288 g/mol. The lowest BCUT2D eigenvalue weighted by atomic mass is 9.84. The van der Waals surface area contributed by atoms with Crippen LogP contribution in [0.3, 0.4) is 0 Å². The zero-order valence-corrected chi connectivity index (χ0v) is 11.7. The second-order valence-electron chi connectivity index (χ2n) is 6.00. The first-order valence-corrected chi connectivity index (χ1v) is 6.98. The number of hydrogen-bond donors (Lipinski definition) is 3. The number of fused-ring (bicyclic) bond motifs is 2. The highest BCUT2D eigenvalue weighted by atomic mass is 35.5. The Hall–Kier alpha value is -0.810. The summed E-state index contributed by atoms with van der Waals surface area (Å²) in [4.78, 5) is 23.6.